The van der Waals surface area contributed by atoms with E-state index in [2.05, 4.69) is 15.4 Å². The zero-order valence-corrected chi connectivity index (χ0v) is 6.49. The summed E-state index contributed by atoms with van der Waals surface area (Å²) in [7, 11) is -2.17. The molecule has 1 heterocycles. The van der Waals surface area contributed by atoms with Crippen molar-refractivity contribution in [3.63, 3.8) is 0 Å². The van der Waals surface area contributed by atoms with Gasteiger partial charge in [0.2, 0.25) is 0 Å². The molecule has 0 unspecified atom stereocenters. The van der Waals surface area contributed by atoms with Gasteiger partial charge in [0.1, 0.15) is 5.69 Å². The maximum Gasteiger partial charge on any atom is 0.631 e. The summed E-state index contributed by atoms with van der Waals surface area (Å²) in [5.41, 5.74) is 15.9. The van der Waals surface area contributed by atoms with Gasteiger partial charge in [0, 0.05) is 0 Å². The van der Waals surface area contributed by atoms with Gasteiger partial charge in [0.05, 0.1) is 0 Å². The number of nitrogens with two attached hydrogens (primary N) is 3. The molecule has 0 aliphatic carbocycles. The standard InChI is InChI=1S/C3H6N6.BH3O3/c4-1-2(5)7-9-8-3(1)6;2-1(3)4/h(H2,4,9)(H4,5,6,7,8);2-4H. The van der Waals surface area contributed by atoms with Crippen LogP contribution in [0.4, 0.5) is 17.3 Å². The van der Waals surface area contributed by atoms with E-state index in [1.807, 2.05) is 0 Å². The predicted octanol–water partition coefficient (Wildman–Crippen LogP) is -3.43. The van der Waals surface area contributed by atoms with E-state index in [1.165, 1.54) is 0 Å². The van der Waals surface area contributed by atoms with E-state index in [0.717, 1.165) is 0 Å². The van der Waals surface area contributed by atoms with Crippen LogP contribution in [-0.2, 0) is 0 Å². The number of aromatic nitrogens is 3. The van der Waals surface area contributed by atoms with E-state index >= 15 is 0 Å². The van der Waals surface area contributed by atoms with Crippen molar-refractivity contribution in [2.75, 3.05) is 17.2 Å². The monoisotopic (exact) mass is 188 g/mol. The molecule has 13 heavy (non-hydrogen) atoms. The van der Waals surface area contributed by atoms with Gasteiger partial charge in [-0.05, 0) is 5.21 Å². The SMILES string of the molecule is Nc1nnnc(N)c1N.OB(O)O. The minimum atomic E-state index is -2.17. The average molecular weight is 188 g/mol. The fourth-order valence-corrected chi connectivity index (χ4v) is 0.358. The van der Waals surface area contributed by atoms with Crippen molar-refractivity contribution in [3.05, 3.63) is 0 Å². The van der Waals surface area contributed by atoms with Crippen molar-refractivity contribution in [1.82, 2.24) is 15.4 Å². The number of anilines is 3. The first-order valence-electron chi connectivity index (χ1n) is 2.99. The summed E-state index contributed by atoms with van der Waals surface area (Å²) in [6.45, 7) is 0. The third-order valence-electron chi connectivity index (χ3n) is 0.857. The average Bonchev–Trinajstić information content (AvgIpc) is 1.99. The van der Waals surface area contributed by atoms with Gasteiger partial charge in [-0.2, -0.15) is 0 Å². The first-order valence-corrected chi connectivity index (χ1v) is 2.99. The fourth-order valence-electron chi connectivity index (χ4n) is 0.358. The van der Waals surface area contributed by atoms with Gasteiger partial charge in [-0.3, -0.25) is 0 Å². The Hall–Kier alpha value is -1.65. The van der Waals surface area contributed by atoms with Crippen LogP contribution in [0, 0.1) is 0 Å². The maximum atomic E-state index is 7.17. The van der Waals surface area contributed by atoms with Crippen LogP contribution in [-0.4, -0.2) is 37.8 Å². The van der Waals surface area contributed by atoms with Crippen LogP contribution in [0.25, 0.3) is 0 Å². The molecule has 72 valence electrons. The Balaban J connectivity index is 0.000000310. The minimum absolute atomic E-state index is 0.113. The van der Waals surface area contributed by atoms with Gasteiger partial charge in [-0.25, -0.2) is 0 Å². The highest BCUT2D eigenvalue weighted by molar-refractivity contribution is 6.30. The van der Waals surface area contributed by atoms with Gasteiger partial charge in [0.15, 0.2) is 11.6 Å². The molecule has 0 spiro atoms. The maximum absolute atomic E-state index is 7.17. The molecular weight excluding hydrogens is 179 g/mol. The molecule has 10 heteroatoms. The van der Waals surface area contributed by atoms with Crippen molar-refractivity contribution >= 4 is 24.6 Å². The Morgan fingerprint density at radius 3 is 1.46 bits per heavy atom. The van der Waals surface area contributed by atoms with Gasteiger partial charge in [0.25, 0.3) is 0 Å². The molecule has 0 aliphatic rings. The van der Waals surface area contributed by atoms with Gasteiger partial charge >= 0.3 is 7.32 Å². The van der Waals surface area contributed by atoms with Crippen LogP contribution in [0.1, 0.15) is 0 Å². The van der Waals surface area contributed by atoms with Gasteiger partial charge in [-0.1, -0.05) is 0 Å². The number of hydrogen-bond acceptors (Lipinski definition) is 9. The molecule has 0 aliphatic heterocycles. The van der Waals surface area contributed by atoms with E-state index in [-0.39, 0.29) is 17.3 Å². The summed E-state index contributed by atoms with van der Waals surface area (Å²) in [5.74, 6) is 0.227. The van der Waals surface area contributed by atoms with Crippen molar-refractivity contribution in [3.8, 4) is 0 Å². The third kappa shape index (κ3) is 4.74. The molecule has 0 atom stereocenters. The first kappa shape index (κ1) is 11.4. The summed E-state index contributed by atoms with van der Waals surface area (Å²) in [5, 5.41) is 31.4. The molecule has 0 saturated heterocycles. The number of rotatable bonds is 0. The van der Waals surface area contributed by atoms with Gasteiger partial charge < -0.3 is 32.3 Å². The van der Waals surface area contributed by atoms with E-state index in [4.69, 9.17) is 32.3 Å². The lowest BCUT2D eigenvalue weighted by Gasteiger charge is -1.96. The second-order valence-corrected chi connectivity index (χ2v) is 1.82. The van der Waals surface area contributed by atoms with E-state index < -0.39 is 7.32 Å². The van der Waals surface area contributed by atoms with Gasteiger partial charge in [-0.15, -0.1) is 10.2 Å². The lowest BCUT2D eigenvalue weighted by molar-refractivity contribution is 0.278. The van der Waals surface area contributed by atoms with Crippen LogP contribution >= 0.6 is 0 Å². The first-order chi connectivity index (χ1) is 5.95. The Morgan fingerprint density at radius 1 is 0.923 bits per heavy atom. The summed E-state index contributed by atoms with van der Waals surface area (Å²) in [6, 6.07) is 0. The molecule has 1 aromatic heterocycles. The highest BCUT2D eigenvalue weighted by Gasteiger charge is 1.99. The Bertz CT molecular complexity index is 246. The lowest BCUT2D eigenvalue weighted by atomic mass is 10.3. The molecule has 1 aromatic rings. The second kappa shape index (κ2) is 5.08. The van der Waals surface area contributed by atoms with Crippen molar-refractivity contribution in [2.45, 2.75) is 0 Å². The minimum Gasteiger partial charge on any atom is -0.402 e. The molecule has 0 aromatic carbocycles. The summed E-state index contributed by atoms with van der Waals surface area (Å²) >= 11 is 0. The van der Waals surface area contributed by atoms with Crippen LogP contribution in [0.15, 0.2) is 0 Å². The zero-order valence-electron chi connectivity index (χ0n) is 6.49. The van der Waals surface area contributed by atoms with E-state index in [1.54, 1.807) is 0 Å². The Morgan fingerprint density at radius 2 is 1.23 bits per heavy atom. The van der Waals surface area contributed by atoms with Crippen LogP contribution in [0.3, 0.4) is 0 Å². The number of nitrogen functional groups attached to an aromatic ring is 3. The molecule has 0 saturated carbocycles. The van der Waals surface area contributed by atoms with Crippen LogP contribution < -0.4 is 17.2 Å². The highest BCUT2D eigenvalue weighted by atomic mass is 16.5. The molecule has 1 rings (SSSR count). The molecule has 0 radical (unpaired) electrons. The molecule has 0 amide bonds. The van der Waals surface area contributed by atoms with Crippen molar-refractivity contribution < 1.29 is 15.1 Å². The Labute approximate surface area is 73.4 Å². The van der Waals surface area contributed by atoms with Crippen molar-refractivity contribution in [2.24, 2.45) is 0 Å². The normalized spacial score (nSPS) is 8.54. The molecule has 0 fully saturated rings. The quantitative estimate of drug-likeness (QED) is 0.226. The third-order valence-corrected chi connectivity index (χ3v) is 0.857. The van der Waals surface area contributed by atoms with Crippen LogP contribution in [0.2, 0.25) is 0 Å². The van der Waals surface area contributed by atoms with E-state index in [9.17, 15) is 0 Å². The van der Waals surface area contributed by atoms with Crippen molar-refractivity contribution in [1.29, 1.82) is 0 Å². The number of nitrogens with zero attached hydrogens (tertiary/aromatic N) is 3. The molecular formula is C3H9BN6O3. The molecule has 9 nitrogen and oxygen atoms in total. The number of hydrogen-bond donors (Lipinski definition) is 6. The highest BCUT2D eigenvalue weighted by Crippen LogP contribution is 2.13. The zero-order chi connectivity index (χ0) is 10.4. The van der Waals surface area contributed by atoms with E-state index in [0.29, 0.717) is 0 Å². The second-order valence-electron chi connectivity index (χ2n) is 1.82. The Kier molecular flexibility index (Phi) is 4.44. The fraction of sp³-hybridized carbons (Fsp3) is 0. The molecule has 0 bridgehead atoms. The topological polar surface area (TPSA) is 177 Å². The summed E-state index contributed by atoms with van der Waals surface area (Å²) in [6.07, 6.45) is 0. The predicted molar refractivity (Wildman–Crippen MR) is 45.5 cm³/mol. The largest absolute Gasteiger partial charge is 0.631 e. The summed E-state index contributed by atoms with van der Waals surface area (Å²) in [4.78, 5) is 0. The smallest absolute Gasteiger partial charge is 0.402 e. The summed E-state index contributed by atoms with van der Waals surface area (Å²) < 4.78 is 0. The lowest BCUT2D eigenvalue weighted by Crippen LogP contribution is -2.07. The van der Waals surface area contributed by atoms with Crippen LogP contribution in [0.5, 0.6) is 0 Å². The molecule has 9 N–H and O–H groups in total.